The highest BCUT2D eigenvalue weighted by Gasteiger charge is 2.64. The highest BCUT2D eigenvalue weighted by Crippen LogP contribution is 2.61. The molecule has 3 aromatic rings. The van der Waals surface area contributed by atoms with Gasteiger partial charge in [-0.2, -0.15) is 0 Å². The van der Waals surface area contributed by atoms with Gasteiger partial charge in [0, 0.05) is 4.47 Å². The Morgan fingerprint density at radius 3 is 2.38 bits per heavy atom. The van der Waals surface area contributed by atoms with Gasteiger partial charge in [-0.3, -0.25) is 19.3 Å². The van der Waals surface area contributed by atoms with Gasteiger partial charge in [0.15, 0.2) is 6.61 Å². The van der Waals surface area contributed by atoms with Gasteiger partial charge in [-0.05, 0) is 78.6 Å². The minimum atomic E-state index is -0.696. The molecule has 0 unspecified atom stereocenters. The second-order valence-electron chi connectivity index (χ2n) is 10.3. The number of hydrogen-bond donors (Lipinski definition) is 1. The van der Waals surface area contributed by atoms with Crippen molar-refractivity contribution in [2.24, 2.45) is 23.7 Å². The van der Waals surface area contributed by atoms with E-state index in [4.69, 9.17) is 16.3 Å². The van der Waals surface area contributed by atoms with Crippen LogP contribution in [-0.2, 0) is 19.1 Å². The third-order valence-corrected chi connectivity index (χ3v) is 8.95. The van der Waals surface area contributed by atoms with Crippen LogP contribution in [0.3, 0.4) is 0 Å². The van der Waals surface area contributed by atoms with Crippen molar-refractivity contribution in [2.45, 2.75) is 18.8 Å². The van der Waals surface area contributed by atoms with Gasteiger partial charge < -0.3 is 10.1 Å². The van der Waals surface area contributed by atoms with E-state index in [9.17, 15) is 19.2 Å². The van der Waals surface area contributed by atoms with Crippen molar-refractivity contribution in [1.82, 2.24) is 0 Å². The summed E-state index contributed by atoms with van der Waals surface area (Å²) in [6, 6.07) is 21.4. The van der Waals surface area contributed by atoms with Gasteiger partial charge >= 0.3 is 5.97 Å². The number of imide groups is 1. The molecule has 9 heteroatoms. The summed E-state index contributed by atoms with van der Waals surface area (Å²) in [5, 5.41) is 2.94. The number of carbonyl (C=O) groups is 4. The molecule has 3 aliphatic rings. The van der Waals surface area contributed by atoms with Crippen molar-refractivity contribution in [3.8, 4) is 0 Å². The number of amides is 3. The lowest BCUT2D eigenvalue weighted by molar-refractivity contribution is -0.123. The van der Waals surface area contributed by atoms with E-state index in [2.05, 4.69) is 33.4 Å². The Labute approximate surface area is 238 Å². The molecule has 1 heterocycles. The fraction of sp³-hybridized carbons (Fsp3) is 0.267. The number of ether oxygens (including phenoxy) is 1. The number of carbonyl (C=O) groups excluding carboxylic acids is 4. The number of benzene rings is 3. The van der Waals surface area contributed by atoms with Crippen LogP contribution >= 0.6 is 27.5 Å². The second kappa shape index (κ2) is 10.2. The maximum atomic E-state index is 13.5. The maximum absolute atomic E-state index is 13.5. The molecule has 2 bridgehead atoms. The fourth-order valence-electron chi connectivity index (χ4n) is 6.54. The van der Waals surface area contributed by atoms with Gasteiger partial charge in [-0.15, -0.1) is 0 Å². The molecule has 39 heavy (non-hydrogen) atoms. The van der Waals surface area contributed by atoms with E-state index in [1.54, 1.807) is 30.3 Å². The van der Waals surface area contributed by atoms with Crippen LogP contribution in [0.4, 0.5) is 11.4 Å². The first-order valence-corrected chi connectivity index (χ1v) is 13.9. The number of esters is 1. The van der Waals surface area contributed by atoms with Gasteiger partial charge in [-0.1, -0.05) is 57.9 Å². The lowest BCUT2D eigenvalue weighted by Crippen LogP contribution is -2.33. The SMILES string of the molecule is O=C(COC(=O)c1ccc(N2C(=O)[C@@H]3[C@@H]4C[C@@H]([C@@H]3C2=O)[C@@H](c2ccccc2)C4)cc1)Nc1ccc(Br)cc1Cl. The molecule has 3 aromatic carbocycles. The second-order valence-corrected chi connectivity index (χ2v) is 11.6. The van der Waals surface area contributed by atoms with E-state index >= 15 is 0 Å². The van der Waals surface area contributed by atoms with Crippen molar-refractivity contribution in [3.63, 3.8) is 0 Å². The summed E-state index contributed by atoms with van der Waals surface area (Å²) in [6.07, 6.45) is 1.84. The molecule has 2 saturated carbocycles. The molecule has 0 spiro atoms. The maximum Gasteiger partial charge on any atom is 0.338 e. The average Bonchev–Trinajstić information content (AvgIpc) is 3.61. The highest BCUT2D eigenvalue weighted by atomic mass is 79.9. The number of halogens is 2. The summed E-state index contributed by atoms with van der Waals surface area (Å²) in [5.41, 5.74) is 2.28. The molecule has 0 radical (unpaired) electrons. The first-order valence-electron chi connectivity index (χ1n) is 12.8. The number of fused-ring (bicyclic) bond motifs is 5. The Hall–Kier alpha value is -3.49. The quantitative estimate of drug-likeness (QED) is 0.281. The van der Waals surface area contributed by atoms with Crippen LogP contribution in [0, 0.1) is 23.7 Å². The zero-order chi connectivity index (χ0) is 27.3. The van der Waals surface area contributed by atoms with Gasteiger partial charge in [0.1, 0.15) is 0 Å². The topological polar surface area (TPSA) is 92.8 Å². The standard InChI is InChI=1S/C30H24BrClN2O5/c31-19-8-11-24(23(32)14-19)33-25(35)15-39-30(38)17-6-9-20(10-7-17)34-28(36)26-18-12-21(16-4-2-1-3-5-16)22(13-18)27(26)29(34)37/h1-11,14,18,21-22,26-27H,12-13,15H2,(H,33,35)/t18-,21+,22+,26+,27-/m0/s1. The Morgan fingerprint density at radius 2 is 1.67 bits per heavy atom. The summed E-state index contributed by atoms with van der Waals surface area (Å²) < 4.78 is 5.90. The van der Waals surface area contributed by atoms with Gasteiger partial charge in [0.05, 0.1) is 33.8 Å². The van der Waals surface area contributed by atoms with Crippen LogP contribution in [0.5, 0.6) is 0 Å². The predicted molar refractivity (Wildman–Crippen MR) is 149 cm³/mol. The molecule has 2 aliphatic carbocycles. The lowest BCUT2D eigenvalue weighted by Gasteiger charge is -2.28. The summed E-state index contributed by atoms with van der Waals surface area (Å²) in [6.45, 7) is -0.495. The minimum absolute atomic E-state index is 0.150. The van der Waals surface area contributed by atoms with Gasteiger partial charge in [-0.25, -0.2) is 4.79 Å². The summed E-state index contributed by atoms with van der Waals surface area (Å²) in [4.78, 5) is 52.9. The molecular weight excluding hydrogens is 584 g/mol. The zero-order valence-electron chi connectivity index (χ0n) is 20.7. The van der Waals surface area contributed by atoms with Crippen molar-refractivity contribution in [2.75, 3.05) is 16.8 Å². The van der Waals surface area contributed by atoms with Crippen LogP contribution < -0.4 is 10.2 Å². The van der Waals surface area contributed by atoms with Crippen molar-refractivity contribution < 1.29 is 23.9 Å². The van der Waals surface area contributed by atoms with Crippen LogP contribution in [0.1, 0.15) is 34.7 Å². The number of nitrogens with zero attached hydrogens (tertiary/aromatic N) is 1. The summed E-state index contributed by atoms with van der Waals surface area (Å²) in [7, 11) is 0. The van der Waals surface area contributed by atoms with Crippen LogP contribution in [0.2, 0.25) is 5.02 Å². The zero-order valence-corrected chi connectivity index (χ0v) is 23.0. The molecular formula is C30H24BrClN2O5. The minimum Gasteiger partial charge on any atom is -0.452 e. The molecule has 1 aliphatic heterocycles. The molecule has 6 rings (SSSR count). The molecule has 0 aromatic heterocycles. The third kappa shape index (κ3) is 4.66. The molecule has 3 fully saturated rings. The molecule has 5 atom stereocenters. The Balaban J connectivity index is 1.10. The van der Waals surface area contributed by atoms with Crippen LogP contribution in [0.15, 0.2) is 77.3 Å². The van der Waals surface area contributed by atoms with Crippen LogP contribution in [0.25, 0.3) is 0 Å². The number of rotatable bonds is 6. The van der Waals surface area contributed by atoms with E-state index in [1.807, 2.05) is 18.2 Å². The predicted octanol–water partition coefficient (Wildman–Crippen LogP) is 5.83. The van der Waals surface area contributed by atoms with Crippen molar-refractivity contribution in [1.29, 1.82) is 0 Å². The Morgan fingerprint density at radius 1 is 0.949 bits per heavy atom. The molecule has 7 nitrogen and oxygen atoms in total. The van der Waals surface area contributed by atoms with E-state index < -0.39 is 18.5 Å². The largest absolute Gasteiger partial charge is 0.452 e. The average molecular weight is 608 g/mol. The first kappa shape index (κ1) is 25.8. The summed E-state index contributed by atoms with van der Waals surface area (Å²) >= 11 is 9.40. The summed E-state index contributed by atoms with van der Waals surface area (Å²) in [5.74, 6) is -1.45. The van der Waals surface area contributed by atoms with E-state index in [-0.39, 0.29) is 41.0 Å². The van der Waals surface area contributed by atoms with Crippen molar-refractivity contribution >= 4 is 62.6 Å². The number of anilines is 2. The highest BCUT2D eigenvalue weighted by molar-refractivity contribution is 9.10. The number of nitrogens with one attached hydrogen (secondary N) is 1. The lowest BCUT2D eigenvalue weighted by atomic mass is 9.73. The van der Waals surface area contributed by atoms with E-state index in [1.165, 1.54) is 22.6 Å². The first-order chi connectivity index (χ1) is 18.8. The molecule has 1 N–H and O–H groups in total. The fourth-order valence-corrected chi connectivity index (χ4v) is 7.26. The molecule has 1 saturated heterocycles. The smallest absolute Gasteiger partial charge is 0.338 e. The number of hydrogen-bond acceptors (Lipinski definition) is 5. The monoisotopic (exact) mass is 606 g/mol. The van der Waals surface area contributed by atoms with E-state index in [0.717, 1.165) is 17.3 Å². The molecule has 198 valence electrons. The van der Waals surface area contributed by atoms with E-state index in [0.29, 0.717) is 22.3 Å². The van der Waals surface area contributed by atoms with Gasteiger partial charge in [0.25, 0.3) is 5.91 Å². The van der Waals surface area contributed by atoms with Gasteiger partial charge in [0.2, 0.25) is 11.8 Å². The third-order valence-electron chi connectivity index (χ3n) is 8.14. The Kier molecular flexibility index (Phi) is 6.77. The normalized spacial score (nSPS) is 25.1. The van der Waals surface area contributed by atoms with Crippen LogP contribution in [-0.4, -0.2) is 30.3 Å². The Bertz CT molecular complexity index is 1480. The van der Waals surface area contributed by atoms with Crippen molar-refractivity contribution in [3.05, 3.63) is 93.4 Å². The molecule has 3 amide bonds.